The average molecular weight is 641 g/mol. The molecule has 0 aliphatic heterocycles. The van der Waals surface area contributed by atoms with Gasteiger partial charge in [0, 0.05) is 47.4 Å². The first kappa shape index (κ1) is 35.1. The van der Waals surface area contributed by atoms with Crippen molar-refractivity contribution in [1.82, 2.24) is 14.7 Å². The average Bonchev–Trinajstić information content (AvgIpc) is 2.94. The number of aliphatic imine (C=N–C) groups is 2. The summed E-state index contributed by atoms with van der Waals surface area (Å²) >= 11 is 0. The zero-order chi connectivity index (χ0) is 33.4. The van der Waals surface area contributed by atoms with Gasteiger partial charge >= 0.3 is 6.18 Å². The van der Waals surface area contributed by atoms with Crippen molar-refractivity contribution in [2.24, 2.45) is 21.6 Å². The van der Waals surface area contributed by atoms with Gasteiger partial charge in [-0.2, -0.15) is 13.2 Å². The third kappa shape index (κ3) is 9.73. The summed E-state index contributed by atoms with van der Waals surface area (Å²) in [7, 11) is 0.145. The minimum atomic E-state index is -4.83. The van der Waals surface area contributed by atoms with Crippen molar-refractivity contribution in [2.45, 2.75) is 13.1 Å². The first-order chi connectivity index (χ1) is 20.4. The number of hydrazine groups is 1. The molecule has 0 aliphatic carbocycles. The third-order valence-electron chi connectivity index (χ3n) is 5.38. The predicted octanol–water partition coefficient (Wildman–Crippen LogP) is 2.75. The van der Waals surface area contributed by atoms with Crippen molar-refractivity contribution in [3.63, 3.8) is 0 Å². The highest BCUT2D eigenvalue weighted by atomic mass is 32.2. The van der Waals surface area contributed by atoms with Gasteiger partial charge in [-0.1, -0.05) is 13.2 Å². The molecule has 44 heavy (non-hydrogen) atoms. The molecule has 0 fully saturated rings. The SMILES string of the molecule is C=C(/N=C\C(=C(/N)N(N)/C(C)=N\C(=C)C(F)(F)F)c1cnc(OC)c(C(=O)NS(C)(=O)=O)c1)Nc1cc(OC)cc(OC)c1. The number of rotatable bonds is 12. The Bertz CT molecular complexity index is 1620. The van der Waals surface area contributed by atoms with E-state index in [1.165, 1.54) is 33.6 Å². The molecule has 0 bridgehead atoms. The number of ether oxygens (including phenoxy) is 3. The molecule has 1 aromatic carbocycles. The number of methoxy groups -OCH3 is 3. The van der Waals surface area contributed by atoms with Gasteiger partial charge in [0.05, 0.1) is 27.6 Å². The fraction of sp³-hybridized carbons (Fsp3) is 0.231. The monoisotopic (exact) mass is 640 g/mol. The Morgan fingerprint density at radius 3 is 2.18 bits per heavy atom. The second-order valence-electron chi connectivity index (χ2n) is 8.69. The lowest BCUT2D eigenvalue weighted by atomic mass is 10.1. The number of nitrogens with two attached hydrogens (primary N) is 2. The van der Waals surface area contributed by atoms with Crippen molar-refractivity contribution < 1.29 is 40.6 Å². The lowest BCUT2D eigenvalue weighted by molar-refractivity contribution is -0.0920. The van der Waals surface area contributed by atoms with E-state index in [0.717, 1.165) is 19.4 Å². The van der Waals surface area contributed by atoms with Crippen molar-refractivity contribution in [2.75, 3.05) is 32.9 Å². The molecule has 0 aliphatic rings. The van der Waals surface area contributed by atoms with E-state index < -0.39 is 39.5 Å². The molecule has 1 aromatic heterocycles. The number of aromatic nitrogens is 1. The molecule has 18 heteroatoms. The fourth-order valence-electron chi connectivity index (χ4n) is 3.27. The van der Waals surface area contributed by atoms with E-state index >= 15 is 0 Å². The Morgan fingerprint density at radius 2 is 1.68 bits per heavy atom. The molecule has 0 atom stereocenters. The number of hydrogen-bond donors (Lipinski definition) is 4. The largest absolute Gasteiger partial charge is 0.497 e. The van der Waals surface area contributed by atoms with Crippen LogP contribution in [0.25, 0.3) is 5.57 Å². The van der Waals surface area contributed by atoms with E-state index in [1.807, 2.05) is 0 Å². The number of carbonyl (C=O) groups excluding carboxylic acids is 1. The summed E-state index contributed by atoms with van der Waals surface area (Å²) in [6, 6.07) is 6.06. The van der Waals surface area contributed by atoms with Gasteiger partial charge in [0.25, 0.3) is 5.91 Å². The number of hydrogen-bond acceptors (Lipinski definition) is 12. The van der Waals surface area contributed by atoms with Crippen LogP contribution in [-0.4, -0.2) is 70.1 Å². The summed E-state index contributed by atoms with van der Waals surface area (Å²) in [4.78, 5) is 24.3. The first-order valence-electron chi connectivity index (χ1n) is 12.1. The van der Waals surface area contributed by atoms with E-state index in [4.69, 9.17) is 25.8 Å². The quantitative estimate of drug-likeness (QED) is 0.115. The second-order valence-corrected chi connectivity index (χ2v) is 10.4. The molecule has 0 radical (unpaired) electrons. The van der Waals surface area contributed by atoms with Gasteiger partial charge in [0.1, 0.15) is 40.2 Å². The molecule has 238 valence electrons. The number of nitrogens with zero attached hydrogens (tertiary/aromatic N) is 4. The van der Waals surface area contributed by atoms with E-state index in [1.54, 1.807) is 22.9 Å². The Kier molecular flexibility index (Phi) is 11.5. The molecule has 2 rings (SSSR count). The van der Waals surface area contributed by atoms with Gasteiger partial charge in [-0.3, -0.25) is 9.80 Å². The van der Waals surface area contributed by atoms with Crippen molar-refractivity contribution in [1.29, 1.82) is 0 Å². The van der Waals surface area contributed by atoms with Crippen molar-refractivity contribution in [3.8, 4) is 17.4 Å². The number of carbonyl (C=O) groups is 1. The van der Waals surface area contributed by atoms with Crippen LogP contribution < -0.4 is 35.8 Å². The van der Waals surface area contributed by atoms with E-state index in [0.29, 0.717) is 22.2 Å². The van der Waals surface area contributed by atoms with E-state index in [-0.39, 0.29) is 28.4 Å². The number of pyridine rings is 1. The molecule has 2 aromatic rings. The minimum Gasteiger partial charge on any atom is -0.497 e. The molecule has 1 amide bonds. The normalized spacial score (nSPS) is 12.7. The Hall–Kier alpha value is -5.10. The van der Waals surface area contributed by atoms with Crippen LogP contribution in [0.3, 0.4) is 0 Å². The molecular weight excluding hydrogens is 609 g/mol. The Morgan fingerprint density at radius 1 is 1.09 bits per heavy atom. The molecule has 0 unspecified atom stereocenters. The molecular formula is C26H31F3N8O6S. The highest BCUT2D eigenvalue weighted by molar-refractivity contribution is 7.89. The molecule has 6 N–H and O–H groups in total. The molecule has 0 spiro atoms. The maximum absolute atomic E-state index is 13.0. The topological polar surface area (TPSA) is 196 Å². The number of alkyl halides is 3. The predicted molar refractivity (Wildman–Crippen MR) is 159 cm³/mol. The minimum absolute atomic E-state index is 0.0273. The van der Waals surface area contributed by atoms with Crippen molar-refractivity contribution >= 4 is 39.2 Å². The first-order valence-corrected chi connectivity index (χ1v) is 13.9. The summed E-state index contributed by atoms with van der Waals surface area (Å²) < 4.78 is 79.8. The zero-order valence-corrected chi connectivity index (χ0v) is 25.1. The summed E-state index contributed by atoms with van der Waals surface area (Å²) in [5.74, 6) is 4.83. The van der Waals surface area contributed by atoms with E-state index in [9.17, 15) is 26.4 Å². The maximum Gasteiger partial charge on any atom is 0.432 e. The lowest BCUT2D eigenvalue weighted by Gasteiger charge is -2.21. The number of benzene rings is 1. The molecule has 1 heterocycles. The Balaban J connectivity index is 2.66. The highest BCUT2D eigenvalue weighted by Gasteiger charge is 2.32. The van der Waals surface area contributed by atoms with Gasteiger partial charge in [-0.25, -0.2) is 34.0 Å². The number of sulfonamides is 1. The number of nitrogens with one attached hydrogen (secondary N) is 2. The second kappa shape index (κ2) is 14.4. The van der Waals surface area contributed by atoms with Crippen molar-refractivity contribution in [3.05, 3.63) is 72.1 Å². The third-order valence-corrected chi connectivity index (χ3v) is 5.93. The molecule has 14 nitrogen and oxygen atoms in total. The van der Waals surface area contributed by atoms with E-state index in [2.05, 4.69) is 33.4 Å². The zero-order valence-electron chi connectivity index (χ0n) is 24.3. The standard InChI is InChI=1S/C26H31F3N8O6S/c1-14(26(27,28)29)34-16(3)37(31)23(30)22(13-32-15(2)35-18-9-19(41-4)11-20(10-18)42-5)17-8-21(25(43-6)33-12-17)24(38)36-44(7,39)40/h8-13,35H,1-2,30-31H2,3-7H3,(H,36,38)/b23-22-,32-13-,34-16-. The van der Waals surface area contributed by atoms with Crippen LogP contribution in [0.5, 0.6) is 17.4 Å². The lowest BCUT2D eigenvalue weighted by Crippen LogP contribution is -2.39. The van der Waals surface area contributed by atoms with Gasteiger partial charge in [0.2, 0.25) is 15.9 Å². The van der Waals surface area contributed by atoms with Crippen LogP contribution in [0.2, 0.25) is 0 Å². The number of halogens is 3. The highest BCUT2D eigenvalue weighted by Crippen LogP contribution is 2.28. The fourth-order valence-corrected chi connectivity index (χ4v) is 3.72. The van der Waals surface area contributed by atoms with Crippen LogP contribution in [-0.2, 0) is 10.0 Å². The van der Waals surface area contributed by atoms with Crippen LogP contribution in [0.15, 0.2) is 70.9 Å². The summed E-state index contributed by atoms with van der Waals surface area (Å²) in [6.07, 6.45) is -1.75. The number of amides is 1. The molecule has 0 saturated heterocycles. The summed E-state index contributed by atoms with van der Waals surface area (Å²) in [6.45, 7) is 7.85. The molecule has 0 saturated carbocycles. The summed E-state index contributed by atoms with van der Waals surface area (Å²) in [5.41, 5.74) is 4.90. The van der Waals surface area contributed by atoms with Gasteiger partial charge in [0.15, 0.2) is 0 Å². The number of anilines is 1. The number of allylic oxidation sites excluding steroid dienone is 2. The van der Waals surface area contributed by atoms with Gasteiger partial charge in [-0.05, 0) is 13.0 Å². The Labute approximate surface area is 251 Å². The number of amidine groups is 1. The van der Waals surface area contributed by atoms with Crippen LogP contribution in [0.1, 0.15) is 22.8 Å². The van der Waals surface area contributed by atoms with Crippen LogP contribution >= 0.6 is 0 Å². The van der Waals surface area contributed by atoms with Crippen LogP contribution in [0.4, 0.5) is 18.9 Å². The van der Waals surface area contributed by atoms with Crippen LogP contribution in [0, 0.1) is 0 Å². The summed E-state index contributed by atoms with van der Waals surface area (Å²) in [5, 5.41) is 3.54. The maximum atomic E-state index is 13.0. The smallest absolute Gasteiger partial charge is 0.432 e. The van der Waals surface area contributed by atoms with Gasteiger partial charge in [-0.15, -0.1) is 0 Å². The van der Waals surface area contributed by atoms with Gasteiger partial charge < -0.3 is 25.3 Å².